The van der Waals surface area contributed by atoms with Gasteiger partial charge in [0.15, 0.2) is 0 Å². The Morgan fingerprint density at radius 3 is 2.90 bits per heavy atom. The molecule has 1 amide bonds. The van der Waals surface area contributed by atoms with Crippen LogP contribution in [0.4, 0.5) is 4.39 Å². The van der Waals surface area contributed by atoms with Crippen molar-refractivity contribution in [2.24, 2.45) is 0 Å². The number of benzene rings is 1. The summed E-state index contributed by atoms with van der Waals surface area (Å²) in [5.74, 6) is 0.109. The van der Waals surface area contributed by atoms with Gasteiger partial charge in [-0.3, -0.25) is 4.79 Å². The number of rotatable bonds is 5. The van der Waals surface area contributed by atoms with Crippen LogP contribution in [-0.4, -0.2) is 17.1 Å². The molecule has 1 aromatic carbocycles. The number of aromatic nitrogens is 1. The average Bonchev–Trinajstić information content (AvgIpc) is 2.95. The van der Waals surface area contributed by atoms with Crippen LogP contribution in [0.15, 0.2) is 30.5 Å². The quantitative estimate of drug-likeness (QED) is 0.892. The molecule has 2 aromatic rings. The Morgan fingerprint density at radius 1 is 1.43 bits per heavy atom. The van der Waals surface area contributed by atoms with E-state index in [0.717, 1.165) is 11.1 Å². The van der Waals surface area contributed by atoms with Gasteiger partial charge in [-0.25, -0.2) is 4.39 Å². The third kappa shape index (κ3) is 3.86. The lowest BCUT2D eigenvalue weighted by Crippen LogP contribution is -2.23. The molecule has 0 bridgehead atoms. The van der Waals surface area contributed by atoms with Gasteiger partial charge in [0.2, 0.25) is 0 Å². The number of nitrogens with one attached hydrogen (secondary N) is 2. The Bertz CT molecular complexity index is 690. The average molecular weight is 303 g/mol. The molecule has 2 N–H and O–H groups in total. The smallest absolute Gasteiger partial charge is 0.268 e. The van der Waals surface area contributed by atoms with E-state index in [9.17, 15) is 9.18 Å². The number of carbonyl (C=O) groups excluding carboxylic acids is 1. The lowest BCUT2D eigenvalue weighted by molar-refractivity contribution is 0.0946. The largest absolute Gasteiger partial charge is 0.356 e. The molecule has 1 aromatic heterocycles. The van der Waals surface area contributed by atoms with Gasteiger partial charge in [-0.05, 0) is 35.6 Å². The number of halogens is 1. The van der Waals surface area contributed by atoms with E-state index in [0.29, 0.717) is 23.6 Å². The van der Waals surface area contributed by atoms with Gasteiger partial charge in [0.05, 0.1) is 5.56 Å². The highest BCUT2D eigenvalue weighted by atomic mass is 32.2. The molecule has 1 heterocycles. The third-order valence-corrected chi connectivity index (χ3v) is 3.56. The first kappa shape index (κ1) is 15.1. The molecule has 0 spiro atoms. The van der Waals surface area contributed by atoms with E-state index in [4.69, 9.17) is 5.26 Å². The zero-order valence-corrected chi connectivity index (χ0v) is 12.3. The molecule has 6 heteroatoms. The number of nitriles is 1. The van der Waals surface area contributed by atoms with E-state index in [1.54, 1.807) is 17.8 Å². The number of H-pyrrole nitrogens is 1. The molecule has 0 saturated carbocycles. The van der Waals surface area contributed by atoms with Crippen molar-refractivity contribution in [3.63, 3.8) is 0 Å². The van der Waals surface area contributed by atoms with E-state index >= 15 is 0 Å². The zero-order chi connectivity index (χ0) is 15.2. The first-order valence-electron chi connectivity index (χ1n) is 6.27. The summed E-state index contributed by atoms with van der Waals surface area (Å²) in [6.45, 7) is 0.315. The third-order valence-electron chi connectivity index (χ3n) is 2.96. The van der Waals surface area contributed by atoms with Crippen LogP contribution in [0, 0.1) is 17.1 Å². The van der Waals surface area contributed by atoms with Crippen LogP contribution in [0.5, 0.6) is 0 Å². The standard InChI is InChI=1S/C15H14FN3OS/c1-21-9-12-5-13(16)3-2-11(12)8-19-15(20)14-4-10(6-17)7-18-14/h2-5,7,18H,8-9H2,1H3,(H,19,20). The molecule has 0 saturated heterocycles. The van der Waals surface area contributed by atoms with Gasteiger partial charge in [0.1, 0.15) is 17.6 Å². The minimum absolute atomic E-state index is 0.280. The molecule has 0 aliphatic carbocycles. The van der Waals surface area contributed by atoms with E-state index in [1.165, 1.54) is 24.4 Å². The van der Waals surface area contributed by atoms with Crippen molar-refractivity contribution in [3.05, 3.63) is 58.7 Å². The van der Waals surface area contributed by atoms with Crippen LogP contribution in [0.3, 0.4) is 0 Å². The number of thioether (sulfide) groups is 1. The monoisotopic (exact) mass is 303 g/mol. The number of nitrogens with zero attached hydrogens (tertiary/aromatic N) is 1. The summed E-state index contributed by atoms with van der Waals surface area (Å²) in [6.07, 6.45) is 3.42. The first-order chi connectivity index (χ1) is 10.1. The van der Waals surface area contributed by atoms with Crippen LogP contribution in [0.25, 0.3) is 0 Å². The second kappa shape index (κ2) is 6.95. The van der Waals surface area contributed by atoms with Gasteiger partial charge in [0.25, 0.3) is 5.91 Å². The Balaban J connectivity index is 2.05. The van der Waals surface area contributed by atoms with Crippen molar-refractivity contribution in [2.45, 2.75) is 12.3 Å². The lowest BCUT2D eigenvalue weighted by Gasteiger charge is -2.10. The molecule has 4 nitrogen and oxygen atoms in total. The van der Waals surface area contributed by atoms with Crippen LogP contribution < -0.4 is 5.32 Å². The highest BCUT2D eigenvalue weighted by Crippen LogP contribution is 2.16. The molecule has 0 radical (unpaired) electrons. The van der Waals surface area contributed by atoms with Crippen molar-refractivity contribution in [2.75, 3.05) is 6.26 Å². The second-order valence-electron chi connectivity index (χ2n) is 4.44. The molecule has 108 valence electrons. The van der Waals surface area contributed by atoms with Crippen molar-refractivity contribution < 1.29 is 9.18 Å². The molecule has 0 unspecified atom stereocenters. The number of carbonyl (C=O) groups is 1. The number of aromatic amines is 1. The summed E-state index contributed by atoms with van der Waals surface area (Å²) in [5.41, 5.74) is 2.49. The molecular weight excluding hydrogens is 289 g/mol. The first-order valence-corrected chi connectivity index (χ1v) is 7.66. The maximum absolute atomic E-state index is 13.2. The van der Waals surface area contributed by atoms with Crippen LogP contribution in [-0.2, 0) is 12.3 Å². The number of amides is 1. The zero-order valence-electron chi connectivity index (χ0n) is 11.4. The molecule has 2 rings (SSSR count). The summed E-state index contributed by atoms with van der Waals surface area (Å²) in [7, 11) is 0. The minimum Gasteiger partial charge on any atom is -0.356 e. The summed E-state index contributed by atoms with van der Waals surface area (Å²) in [5, 5.41) is 11.5. The van der Waals surface area contributed by atoms with Crippen molar-refractivity contribution >= 4 is 17.7 Å². The summed E-state index contributed by atoms with van der Waals surface area (Å²) < 4.78 is 13.2. The summed E-state index contributed by atoms with van der Waals surface area (Å²) >= 11 is 1.59. The Labute approximate surface area is 126 Å². The Morgan fingerprint density at radius 2 is 2.24 bits per heavy atom. The summed E-state index contributed by atoms with van der Waals surface area (Å²) in [6, 6.07) is 7.99. The maximum Gasteiger partial charge on any atom is 0.268 e. The predicted octanol–water partition coefficient (Wildman–Crippen LogP) is 2.82. The van der Waals surface area contributed by atoms with Gasteiger partial charge in [0, 0.05) is 18.5 Å². The maximum atomic E-state index is 13.2. The SMILES string of the molecule is CSCc1cc(F)ccc1CNC(=O)c1cc(C#N)c[nH]1. The van der Waals surface area contributed by atoms with Gasteiger partial charge >= 0.3 is 0 Å². The Kier molecular flexibility index (Phi) is 5.01. The van der Waals surface area contributed by atoms with E-state index < -0.39 is 0 Å². The minimum atomic E-state index is -0.295. The lowest BCUT2D eigenvalue weighted by atomic mass is 10.1. The van der Waals surface area contributed by atoms with Crippen molar-refractivity contribution in [3.8, 4) is 6.07 Å². The van der Waals surface area contributed by atoms with Crippen LogP contribution in [0.1, 0.15) is 27.2 Å². The van der Waals surface area contributed by atoms with Crippen molar-refractivity contribution in [1.82, 2.24) is 10.3 Å². The van der Waals surface area contributed by atoms with E-state index in [2.05, 4.69) is 10.3 Å². The molecule has 0 aliphatic rings. The molecule has 0 atom stereocenters. The fourth-order valence-electron chi connectivity index (χ4n) is 1.92. The van der Waals surface area contributed by atoms with Crippen LogP contribution >= 0.6 is 11.8 Å². The molecular formula is C15H14FN3OS. The molecule has 0 fully saturated rings. The topological polar surface area (TPSA) is 68.7 Å². The number of hydrogen-bond donors (Lipinski definition) is 2. The highest BCUT2D eigenvalue weighted by Gasteiger charge is 2.10. The second-order valence-corrected chi connectivity index (χ2v) is 5.31. The van der Waals surface area contributed by atoms with Gasteiger partial charge in [-0.15, -0.1) is 0 Å². The fraction of sp³-hybridized carbons (Fsp3) is 0.200. The van der Waals surface area contributed by atoms with Crippen molar-refractivity contribution in [1.29, 1.82) is 5.26 Å². The van der Waals surface area contributed by atoms with E-state index in [-0.39, 0.29) is 11.7 Å². The number of hydrogen-bond acceptors (Lipinski definition) is 3. The Hall–Kier alpha value is -2.26. The molecule has 21 heavy (non-hydrogen) atoms. The van der Waals surface area contributed by atoms with E-state index in [1.807, 2.05) is 12.3 Å². The predicted molar refractivity (Wildman–Crippen MR) is 80.3 cm³/mol. The van der Waals surface area contributed by atoms with Gasteiger partial charge < -0.3 is 10.3 Å². The van der Waals surface area contributed by atoms with Gasteiger partial charge in [-0.2, -0.15) is 17.0 Å². The highest BCUT2D eigenvalue weighted by molar-refractivity contribution is 7.97. The molecule has 0 aliphatic heterocycles. The van der Waals surface area contributed by atoms with Gasteiger partial charge in [-0.1, -0.05) is 6.07 Å². The summed E-state index contributed by atoms with van der Waals surface area (Å²) in [4.78, 5) is 14.7. The van der Waals surface area contributed by atoms with Crippen LogP contribution in [0.2, 0.25) is 0 Å². The fourth-order valence-corrected chi connectivity index (χ4v) is 2.50. The normalized spacial score (nSPS) is 10.1.